The van der Waals surface area contributed by atoms with Crippen molar-refractivity contribution in [3.05, 3.63) is 34.3 Å². The molecule has 1 fully saturated rings. The lowest BCUT2D eigenvalue weighted by atomic mass is 10.0. The lowest BCUT2D eigenvalue weighted by Crippen LogP contribution is -2.51. The summed E-state index contributed by atoms with van der Waals surface area (Å²) in [6.45, 7) is 3.29. The van der Waals surface area contributed by atoms with Crippen molar-refractivity contribution in [1.29, 1.82) is 0 Å². The number of ether oxygens (including phenoxy) is 1. The summed E-state index contributed by atoms with van der Waals surface area (Å²) in [4.78, 5) is 23.7. The van der Waals surface area contributed by atoms with Crippen molar-refractivity contribution in [2.24, 2.45) is 5.92 Å². The maximum atomic E-state index is 12.2. The fourth-order valence-corrected chi connectivity index (χ4v) is 2.71. The Hall–Kier alpha value is -1.36. The first-order valence-electron chi connectivity index (χ1n) is 6.51. The molecule has 1 aromatic carbocycles. The van der Waals surface area contributed by atoms with E-state index in [2.05, 4.69) is 26.0 Å². The summed E-state index contributed by atoms with van der Waals surface area (Å²) in [5.41, 5.74) is 0.159. The highest BCUT2D eigenvalue weighted by atomic mass is 79.9. The molecule has 2 atom stereocenters. The summed E-state index contributed by atoms with van der Waals surface area (Å²) >= 11 is 3.43. The number of nitrogens with one attached hydrogen (secondary N) is 1. The average molecular weight is 340 g/mol. The number of methoxy groups -OCH3 is 1. The largest absolute Gasteiger partial charge is 0.467 e. The third-order valence-corrected chi connectivity index (χ3v) is 4.03. The van der Waals surface area contributed by atoms with Gasteiger partial charge in [0.15, 0.2) is 0 Å². The summed E-state index contributed by atoms with van der Waals surface area (Å²) in [6, 6.07) is 7.98. The van der Waals surface area contributed by atoms with Crippen LogP contribution in [0.25, 0.3) is 0 Å². The van der Waals surface area contributed by atoms with Crippen LogP contribution in [-0.4, -0.2) is 24.5 Å². The Bertz CT molecular complexity index is 542. The summed E-state index contributed by atoms with van der Waals surface area (Å²) in [7, 11) is 1.32. The smallest absolute Gasteiger partial charge is 0.330 e. The van der Waals surface area contributed by atoms with Crippen molar-refractivity contribution in [2.75, 3.05) is 7.11 Å². The van der Waals surface area contributed by atoms with E-state index in [1.54, 1.807) is 13.8 Å². The number of carbonyl (C=O) groups is 2. The van der Waals surface area contributed by atoms with E-state index in [9.17, 15) is 9.59 Å². The van der Waals surface area contributed by atoms with Gasteiger partial charge < -0.3 is 10.1 Å². The second-order valence-corrected chi connectivity index (χ2v) is 6.53. The van der Waals surface area contributed by atoms with Gasteiger partial charge >= 0.3 is 5.97 Å². The molecule has 1 amide bonds. The van der Waals surface area contributed by atoms with Gasteiger partial charge in [-0.15, -0.1) is 0 Å². The lowest BCUT2D eigenvalue weighted by Gasteiger charge is -2.23. The van der Waals surface area contributed by atoms with E-state index in [4.69, 9.17) is 0 Å². The molecule has 1 saturated carbocycles. The molecular weight excluding hydrogens is 322 g/mol. The molecule has 0 radical (unpaired) electrons. The first-order valence-corrected chi connectivity index (χ1v) is 7.30. The van der Waals surface area contributed by atoms with Gasteiger partial charge in [0, 0.05) is 10.4 Å². The van der Waals surface area contributed by atoms with Crippen molar-refractivity contribution in [3.8, 4) is 0 Å². The normalized spacial score (nSPS) is 21.2. The Labute approximate surface area is 127 Å². The molecule has 20 heavy (non-hydrogen) atoms. The standard InChI is InChI=1S/C15H18BrNO3/c1-15(2,14(19)20-3)17-13(18)12-8-11(12)9-5-4-6-10(16)7-9/h4-7,11-12H,8H2,1-3H3,(H,17,18)/t11-,12-/m0/s1. The second kappa shape index (κ2) is 5.56. The molecule has 5 heteroatoms. The quantitative estimate of drug-likeness (QED) is 0.858. The first kappa shape index (κ1) is 15.0. The van der Waals surface area contributed by atoms with Gasteiger partial charge in [-0.2, -0.15) is 0 Å². The molecule has 0 spiro atoms. The molecule has 1 N–H and O–H groups in total. The fraction of sp³-hybridized carbons (Fsp3) is 0.467. The second-order valence-electron chi connectivity index (χ2n) is 5.61. The number of hydrogen-bond donors (Lipinski definition) is 1. The van der Waals surface area contributed by atoms with Crippen LogP contribution in [0.15, 0.2) is 28.7 Å². The summed E-state index contributed by atoms with van der Waals surface area (Å²) in [5.74, 6) is -0.356. The van der Waals surface area contributed by atoms with Gasteiger partial charge in [-0.3, -0.25) is 4.79 Å². The average Bonchev–Trinajstić information content (AvgIpc) is 3.17. The van der Waals surface area contributed by atoms with Crippen molar-refractivity contribution < 1.29 is 14.3 Å². The van der Waals surface area contributed by atoms with Crippen LogP contribution < -0.4 is 5.32 Å². The highest BCUT2D eigenvalue weighted by Crippen LogP contribution is 2.48. The zero-order chi connectivity index (χ0) is 14.9. The number of amides is 1. The van der Waals surface area contributed by atoms with Crippen LogP contribution in [-0.2, 0) is 14.3 Å². The van der Waals surface area contributed by atoms with Crippen LogP contribution in [0.4, 0.5) is 0 Å². The van der Waals surface area contributed by atoms with Gasteiger partial charge in [-0.1, -0.05) is 28.1 Å². The minimum Gasteiger partial charge on any atom is -0.467 e. The molecule has 1 aliphatic rings. The first-order chi connectivity index (χ1) is 9.35. The summed E-state index contributed by atoms with van der Waals surface area (Å²) in [5, 5.41) is 2.76. The topological polar surface area (TPSA) is 55.4 Å². The minimum absolute atomic E-state index is 0.0618. The van der Waals surface area contributed by atoms with E-state index in [-0.39, 0.29) is 17.7 Å². The molecular formula is C15H18BrNO3. The van der Waals surface area contributed by atoms with E-state index in [1.807, 2.05) is 24.3 Å². The minimum atomic E-state index is -0.990. The Morgan fingerprint density at radius 1 is 1.40 bits per heavy atom. The number of carbonyl (C=O) groups excluding carboxylic acids is 2. The molecule has 0 heterocycles. The predicted octanol–water partition coefficient (Wildman–Crippen LogP) is 2.62. The van der Waals surface area contributed by atoms with Crippen molar-refractivity contribution in [1.82, 2.24) is 5.32 Å². The zero-order valence-corrected chi connectivity index (χ0v) is 13.4. The maximum absolute atomic E-state index is 12.2. The Morgan fingerprint density at radius 3 is 2.70 bits per heavy atom. The monoisotopic (exact) mass is 339 g/mol. The fourth-order valence-electron chi connectivity index (χ4n) is 2.30. The predicted molar refractivity (Wildman–Crippen MR) is 79.2 cm³/mol. The Balaban J connectivity index is 1.98. The maximum Gasteiger partial charge on any atom is 0.330 e. The van der Waals surface area contributed by atoms with E-state index in [0.29, 0.717) is 0 Å². The molecule has 0 unspecified atom stereocenters. The van der Waals surface area contributed by atoms with E-state index in [1.165, 1.54) is 7.11 Å². The van der Waals surface area contributed by atoms with Crippen LogP contribution in [0.3, 0.4) is 0 Å². The third kappa shape index (κ3) is 3.20. The van der Waals surface area contributed by atoms with Crippen LogP contribution >= 0.6 is 15.9 Å². The van der Waals surface area contributed by atoms with E-state index >= 15 is 0 Å². The van der Waals surface area contributed by atoms with Crippen LogP contribution in [0, 0.1) is 5.92 Å². The van der Waals surface area contributed by atoms with E-state index in [0.717, 1.165) is 16.5 Å². The van der Waals surface area contributed by atoms with Crippen molar-refractivity contribution in [2.45, 2.75) is 31.7 Å². The van der Waals surface area contributed by atoms with Crippen LogP contribution in [0.5, 0.6) is 0 Å². The highest BCUT2D eigenvalue weighted by Gasteiger charge is 2.46. The lowest BCUT2D eigenvalue weighted by molar-refractivity contribution is -0.149. The van der Waals surface area contributed by atoms with Crippen molar-refractivity contribution >= 4 is 27.8 Å². The van der Waals surface area contributed by atoms with E-state index < -0.39 is 11.5 Å². The molecule has 4 nitrogen and oxygen atoms in total. The summed E-state index contributed by atoms with van der Waals surface area (Å²) < 4.78 is 5.69. The molecule has 0 aromatic heterocycles. The molecule has 1 aliphatic carbocycles. The molecule has 0 bridgehead atoms. The van der Waals surface area contributed by atoms with Crippen LogP contribution in [0.2, 0.25) is 0 Å². The number of esters is 1. The Morgan fingerprint density at radius 2 is 2.10 bits per heavy atom. The van der Waals surface area contributed by atoms with Gasteiger partial charge in [0.2, 0.25) is 5.91 Å². The van der Waals surface area contributed by atoms with Gasteiger partial charge in [-0.05, 0) is 43.9 Å². The highest BCUT2D eigenvalue weighted by molar-refractivity contribution is 9.10. The third-order valence-electron chi connectivity index (χ3n) is 3.54. The summed E-state index contributed by atoms with van der Waals surface area (Å²) in [6.07, 6.45) is 0.819. The molecule has 2 rings (SSSR count). The van der Waals surface area contributed by atoms with Gasteiger partial charge in [0.1, 0.15) is 5.54 Å². The van der Waals surface area contributed by atoms with Gasteiger partial charge in [0.25, 0.3) is 0 Å². The number of rotatable bonds is 4. The number of benzene rings is 1. The SMILES string of the molecule is COC(=O)C(C)(C)NC(=O)[C@H]1C[C@H]1c1cccc(Br)c1. The number of halogens is 1. The van der Waals surface area contributed by atoms with Gasteiger partial charge in [0.05, 0.1) is 7.11 Å². The van der Waals surface area contributed by atoms with Crippen LogP contribution in [0.1, 0.15) is 31.7 Å². The Kier molecular flexibility index (Phi) is 4.18. The zero-order valence-electron chi connectivity index (χ0n) is 11.8. The molecule has 1 aromatic rings. The van der Waals surface area contributed by atoms with Crippen molar-refractivity contribution in [3.63, 3.8) is 0 Å². The van der Waals surface area contributed by atoms with Gasteiger partial charge in [-0.25, -0.2) is 4.79 Å². The number of hydrogen-bond acceptors (Lipinski definition) is 3. The molecule has 0 aliphatic heterocycles. The molecule has 108 valence electrons. The molecule has 0 saturated heterocycles.